The van der Waals surface area contributed by atoms with Crippen molar-refractivity contribution in [3.63, 3.8) is 0 Å². The molecule has 3 nitrogen and oxygen atoms in total. The Morgan fingerprint density at radius 2 is 2.06 bits per heavy atom. The van der Waals surface area contributed by atoms with Gasteiger partial charge in [-0.2, -0.15) is 0 Å². The molecule has 0 aromatic heterocycles. The van der Waals surface area contributed by atoms with E-state index in [1.807, 2.05) is 31.2 Å². The van der Waals surface area contributed by atoms with Crippen LogP contribution in [0.5, 0.6) is 5.75 Å². The third-order valence-corrected chi connectivity index (χ3v) is 2.74. The number of nitrogens with one attached hydrogen (secondary N) is 1. The molecule has 0 fully saturated rings. The number of alkyl halides is 1. The third-order valence-electron chi connectivity index (χ3n) is 2.23. The number of hydrogen-bond acceptors (Lipinski definition) is 2. The predicted molar refractivity (Wildman–Crippen MR) is 68.1 cm³/mol. The second-order valence-corrected chi connectivity index (χ2v) is 4.22. The summed E-state index contributed by atoms with van der Waals surface area (Å²) in [5, 5.41) is 3.24. The Labute approximate surface area is 104 Å². The molecule has 0 aliphatic carbocycles. The lowest BCUT2D eigenvalue weighted by Crippen LogP contribution is -2.34. The molecule has 0 heterocycles. The highest BCUT2D eigenvalue weighted by Gasteiger charge is 2.06. The minimum Gasteiger partial charge on any atom is -0.497 e. The third kappa shape index (κ3) is 4.23. The van der Waals surface area contributed by atoms with Crippen molar-refractivity contribution in [2.24, 2.45) is 0 Å². The molecule has 16 heavy (non-hydrogen) atoms. The molecule has 1 atom stereocenters. The zero-order valence-corrected chi connectivity index (χ0v) is 11.1. The van der Waals surface area contributed by atoms with Gasteiger partial charge in [0.15, 0.2) is 0 Å². The molecule has 88 valence electrons. The van der Waals surface area contributed by atoms with Crippen molar-refractivity contribution >= 4 is 21.8 Å². The van der Waals surface area contributed by atoms with Gasteiger partial charge in [-0.3, -0.25) is 4.79 Å². The topological polar surface area (TPSA) is 38.3 Å². The average Bonchev–Trinajstić information content (AvgIpc) is 2.29. The van der Waals surface area contributed by atoms with E-state index >= 15 is 0 Å². The zero-order chi connectivity index (χ0) is 12.0. The fraction of sp³-hybridized carbons (Fsp3) is 0.417. The molecule has 1 N–H and O–H groups in total. The van der Waals surface area contributed by atoms with E-state index in [4.69, 9.17) is 4.74 Å². The molecule has 1 aromatic rings. The number of amides is 1. The number of halogens is 1. The van der Waals surface area contributed by atoms with Crippen molar-refractivity contribution in [2.75, 3.05) is 12.4 Å². The van der Waals surface area contributed by atoms with Crippen LogP contribution in [0.3, 0.4) is 0 Å². The number of methoxy groups -OCH3 is 1. The highest BCUT2D eigenvalue weighted by molar-refractivity contribution is 9.09. The second kappa shape index (κ2) is 6.53. The Morgan fingerprint density at radius 3 is 2.56 bits per heavy atom. The highest BCUT2D eigenvalue weighted by Crippen LogP contribution is 2.12. The molecule has 1 rings (SSSR count). The van der Waals surface area contributed by atoms with Gasteiger partial charge in [-0.25, -0.2) is 0 Å². The van der Waals surface area contributed by atoms with Gasteiger partial charge >= 0.3 is 0 Å². The van der Waals surface area contributed by atoms with E-state index in [0.717, 1.165) is 12.2 Å². The molecule has 0 aliphatic heterocycles. The van der Waals surface area contributed by atoms with E-state index in [9.17, 15) is 4.79 Å². The Hall–Kier alpha value is -1.03. The predicted octanol–water partition coefficient (Wildman–Crippen LogP) is 2.14. The molecule has 4 heteroatoms. The summed E-state index contributed by atoms with van der Waals surface area (Å²) in [4.78, 5) is 11.1. The molecule has 1 amide bonds. The van der Waals surface area contributed by atoms with E-state index in [-0.39, 0.29) is 11.9 Å². The number of hydrogen-bond donors (Lipinski definition) is 1. The standard InChI is InChI=1S/C12H16BrNO2/c1-9(14-12(15)8-13)7-10-3-5-11(16-2)6-4-10/h3-6,9H,7-8H2,1-2H3,(H,14,15). The van der Waals surface area contributed by atoms with Crippen LogP contribution in [0.4, 0.5) is 0 Å². The van der Waals surface area contributed by atoms with Gasteiger partial charge in [0.05, 0.1) is 12.4 Å². The highest BCUT2D eigenvalue weighted by atomic mass is 79.9. The molecular formula is C12H16BrNO2. The van der Waals surface area contributed by atoms with E-state index < -0.39 is 0 Å². The maximum atomic E-state index is 11.1. The van der Waals surface area contributed by atoms with Crippen molar-refractivity contribution in [1.82, 2.24) is 5.32 Å². The Bertz CT molecular complexity index is 337. The monoisotopic (exact) mass is 285 g/mol. The average molecular weight is 286 g/mol. The van der Waals surface area contributed by atoms with Crippen LogP contribution in [-0.2, 0) is 11.2 Å². The number of rotatable bonds is 5. The number of carbonyl (C=O) groups excluding carboxylic acids is 1. The summed E-state index contributed by atoms with van der Waals surface area (Å²) in [7, 11) is 1.65. The largest absolute Gasteiger partial charge is 0.497 e. The fourth-order valence-corrected chi connectivity index (χ4v) is 1.64. The van der Waals surface area contributed by atoms with E-state index in [2.05, 4.69) is 21.2 Å². The Morgan fingerprint density at radius 1 is 1.44 bits per heavy atom. The summed E-state index contributed by atoms with van der Waals surface area (Å²) in [5.41, 5.74) is 1.18. The lowest BCUT2D eigenvalue weighted by molar-refractivity contribution is -0.119. The van der Waals surface area contributed by atoms with E-state index in [1.165, 1.54) is 5.56 Å². The summed E-state index contributed by atoms with van der Waals surface area (Å²) < 4.78 is 5.08. The number of carbonyl (C=O) groups is 1. The lowest BCUT2D eigenvalue weighted by Gasteiger charge is -2.13. The molecule has 0 saturated heterocycles. The van der Waals surface area contributed by atoms with Gasteiger partial charge in [0.2, 0.25) is 5.91 Å². The molecule has 0 radical (unpaired) electrons. The van der Waals surface area contributed by atoms with Crippen LogP contribution in [0.1, 0.15) is 12.5 Å². The summed E-state index contributed by atoms with van der Waals surface area (Å²) in [6.07, 6.45) is 0.822. The summed E-state index contributed by atoms with van der Waals surface area (Å²) in [6, 6.07) is 8.01. The van der Waals surface area contributed by atoms with Gasteiger partial charge in [-0.15, -0.1) is 0 Å². The van der Waals surface area contributed by atoms with Gasteiger partial charge in [0.1, 0.15) is 5.75 Å². The quantitative estimate of drug-likeness (QED) is 0.842. The van der Waals surface area contributed by atoms with Crippen LogP contribution in [0.2, 0.25) is 0 Å². The minimum atomic E-state index is 0.0148. The van der Waals surface area contributed by atoms with Gasteiger partial charge in [0.25, 0.3) is 0 Å². The van der Waals surface area contributed by atoms with Crippen molar-refractivity contribution in [3.8, 4) is 5.75 Å². The van der Waals surface area contributed by atoms with Crippen molar-refractivity contribution in [2.45, 2.75) is 19.4 Å². The zero-order valence-electron chi connectivity index (χ0n) is 9.50. The van der Waals surface area contributed by atoms with Crippen LogP contribution in [0.25, 0.3) is 0 Å². The van der Waals surface area contributed by atoms with Gasteiger partial charge < -0.3 is 10.1 Å². The van der Waals surface area contributed by atoms with Crippen molar-refractivity contribution < 1.29 is 9.53 Å². The van der Waals surface area contributed by atoms with Crippen molar-refractivity contribution in [1.29, 1.82) is 0 Å². The van der Waals surface area contributed by atoms with Crippen LogP contribution in [-0.4, -0.2) is 24.4 Å². The van der Waals surface area contributed by atoms with E-state index in [0.29, 0.717) is 5.33 Å². The lowest BCUT2D eigenvalue weighted by atomic mass is 10.1. The van der Waals surface area contributed by atoms with Crippen LogP contribution in [0, 0.1) is 0 Å². The summed E-state index contributed by atoms with van der Waals surface area (Å²) in [5.74, 6) is 0.863. The van der Waals surface area contributed by atoms with Crippen LogP contribution in [0.15, 0.2) is 24.3 Å². The fourth-order valence-electron chi connectivity index (χ4n) is 1.48. The number of ether oxygens (including phenoxy) is 1. The first-order chi connectivity index (χ1) is 7.65. The van der Waals surface area contributed by atoms with Crippen LogP contribution >= 0.6 is 15.9 Å². The SMILES string of the molecule is COc1ccc(CC(C)NC(=O)CBr)cc1. The normalized spacial score (nSPS) is 11.9. The molecule has 1 aromatic carbocycles. The van der Waals surface area contributed by atoms with Gasteiger partial charge in [-0.05, 0) is 31.0 Å². The first-order valence-electron chi connectivity index (χ1n) is 5.14. The first kappa shape index (κ1) is 13.0. The number of benzene rings is 1. The summed E-state index contributed by atoms with van der Waals surface area (Å²) in [6.45, 7) is 1.99. The van der Waals surface area contributed by atoms with Gasteiger partial charge in [-0.1, -0.05) is 28.1 Å². The Balaban J connectivity index is 2.49. The Kier molecular flexibility index (Phi) is 5.32. The first-order valence-corrected chi connectivity index (χ1v) is 6.26. The molecular weight excluding hydrogens is 270 g/mol. The molecule has 0 saturated carbocycles. The molecule has 0 bridgehead atoms. The molecule has 1 unspecified atom stereocenters. The maximum absolute atomic E-state index is 11.1. The minimum absolute atomic E-state index is 0.0148. The smallest absolute Gasteiger partial charge is 0.230 e. The summed E-state index contributed by atoms with van der Waals surface area (Å²) >= 11 is 3.12. The van der Waals surface area contributed by atoms with Crippen molar-refractivity contribution in [3.05, 3.63) is 29.8 Å². The maximum Gasteiger partial charge on any atom is 0.230 e. The van der Waals surface area contributed by atoms with E-state index in [1.54, 1.807) is 7.11 Å². The second-order valence-electron chi connectivity index (χ2n) is 3.65. The van der Waals surface area contributed by atoms with Crippen LogP contribution < -0.4 is 10.1 Å². The molecule has 0 spiro atoms. The molecule has 0 aliphatic rings. The van der Waals surface area contributed by atoms with Gasteiger partial charge in [0, 0.05) is 6.04 Å².